The third-order valence-corrected chi connectivity index (χ3v) is 4.79. The molecule has 1 aromatic carbocycles. The number of rotatable bonds is 3. The number of benzene rings is 1. The third kappa shape index (κ3) is 3.26. The fraction of sp³-hybridized carbons (Fsp3) is 0.533. The zero-order chi connectivity index (χ0) is 17.4. The molecule has 0 bridgehead atoms. The van der Waals surface area contributed by atoms with Crippen LogP contribution in [0.4, 0.5) is 0 Å². The Morgan fingerprint density at radius 3 is 2.58 bits per heavy atom. The van der Waals surface area contributed by atoms with Crippen molar-refractivity contribution in [1.29, 1.82) is 0 Å². The van der Waals surface area contributed by atoms with E-state index in [9.17, 15) is 20.0 Å². The molecular weight excluding hydrogens is 313 g/mol. The van der Waals surface area contributed by atoms with Crippen LogP contribution in [0.15, 0.2) is 18.2 Å². The average Bonchev–Trinajstić information content (AvgIpc) is 2.87. The molecule has 1 saturated carbocycles. The first-order valence-electron chi connectivity index (χ1n) is 8.01. The van der Waals surface area contributed by atoms with Crippen LogP contribution in [-0.2, 0) is 11.2 Å². The number of hydrogen-bond donors (Lipinski definition) is 6. The monoisotopic (exact) mass is 335 g/mol. The summed E-state index contributed by atoms with van der Waals surface area (Å²) >= 11 is 0. The number of amides is 1. The summed E-state index contributed by atoms with van der Waals surface area (Å²) in [6.45, 7) is 0. The first kappa shape index (κ1) is 17.2. The van der Waals surface area contributed by atoms with Crippen LogP contribution in [0.5, 0.6) is 5.75 Å². The Morgan fingerprint density at radius 1 is 1.29 bits per heavy atom. The number of nitrogens with two attached hydrogens (primary N) is 2. The predicted octanol–water partition coefficient (Wildman–Crippen LogP) is -1.83. The van der Waals surface area contributed by atoms with E-state index in [1.165, 1.54) is 6.07 Å². The Kier molecular flexibility index (Phi) is 4.79. The summed E-state index contributed by atoms with van der Waals surface area (Å²) in [6, 6.07) is 4.55. The van der Waals surface area contributed by atoms with Gasteiger partial charge in [0.25, 0.3) is 0 Å². The molecule has 1 amide bonds. The highest BCUT2D eigenvalue weighted by Gasteiger charge is 2.40. The molecule has 9 heteroatoms. The van der Waals surface area contributed by atoms with E-state index in [0.29, 0.717) is 24.8 Å². The summed E-state index contributed by atoms with van der Waals surface area (Å²) in [5.74, 6) is -0.846. The van der Waals surface area contributed by atoms with Gasteiger partial charge in [0.15, 0.2) is 6.29 Å². The van der Waals surface area contributed by atoms with Gasteiger partial charge in [0.1, 0.15) is 5.75 Å². The highest BCUT2D eigenvalue weighted by molar-refractivity contribution is 6.46. The number of carbonyl (C=O) groups excluding carboxylic acids is 1. The Bertz CT molecular complexity index is 619. The van der Waals surface area contributed by atoms with Crippen molar-refractivity contribution in [2.75, 3.05) is 0 Å². The molecule has 3 rings (SSSR count). The second-order valence-corrected chi connectivity index (χ2v) is 6.53. The van der Waals surface area contributed by atoms with Crippen molar-refractivity contribution < 1.29 is 24.7 Å². The third-order valence-electron chi connectivity index (χ3n) is 4.79. The Hall–Kier alpha value is -1.65. The SMILES string of the molecule is NC1CC(C(=O)NC2Cc3cccc(C(O)O)c3OB2O)CC1N. The molecule has 1 aliphatic carbocycles. The topological polar surface area (TPSA) is 151 Å². The van der Waals surface area contributed by atoms with E-state index in [1.807, 2.05) is 0 Å². The van der Waals surface area contributed by atoms with Crippen LogP contribution in [0.3, 0.4) is 0 Å². The lowest BCUT2D eigenvalue weighted by atomic mass is 9.72. The van der Waals surface area contributed by atoms with Crippen LogP contribution in [0.25, 0.3) is 0 Å². The minimum Gasteiger partial charge on any atom is -0.534 e. The van der Waals surface area contributed by atoms with Crippen molar-refractivity contribution in [3.63, 3.8) is 0 Å². The molecule has 0 saturated heterocycles. The zero-order valence-corrected chi connectivity index (χ0v) is 13.1. The number of hydrogen-bond acceptors (Lipinski definition) is 7. The summed E-state index contributed by atoms with van der Waals surface area (Å²) in [4.78, 5) is 12.4. The molecule has 1 aromatic rings. The van der Waals surface area contributed by atoms with E-state index in [-0.39, 0.29) is 35.2 Å². The summed E-state index contributed by atoms with van der Waals surface area (Å²) in [6.07, 6.45) is -0.324. The number of para-hydroxylation sites is 1. The van der Waals surface area contributed by atoms with Gasteiger partial charge in [-0.3, -0.25) is 4.79 Å². The van der Waals surface area contributed by atoms with Gasteiger partial charge in [0, 0.05) is 23.6 Å². The Labute approximate surface area is 139 Å². The van der Waals surface area contributed by atoms with Crippen LogP contribution in [0, 0.1) is 5.92 Å². The van der Waals surface area contributed by atoms with Gasteiger partial charge in [0.05, 0.1) is 5.94 Å². The van der Waals surface area contributed by atoms with Gasteiger partial charge < -0.3 is 36.7 Å². The Morgan fingerprint density at radius 2 is 1.96 bits per heavy atom. The largest absolute Gasteiger partial charge is 0.547 e. The molecule has 0 aromatic heterocycles. The van der Waals surface area contributed by atoms with Crippen LogP contribution in [-0.4, -0.2) is 46.3 Å². The highest BCUT2D eigenvalue weighted by atomic mass is 16.5. The van der Waals surface area contributed by atoms with Crippen molar-refractivity contribution in [2.45, 2.75) is 43.6 Å². The molecule has 130 valence electrons. The van der Waals surface area contributed by atoms with E-state index >= 15 is 0 Å². The number of carbonyl (C=O) groups is 1. The van der Waals surface area contributed by atoms with Crippen molar-refractivity contribution >= 4 is 13.0 Å². The smallest absolute Gasteiger partial charge is 0.534 e. The summed E-state index contributed by atoms with van der Waals surface area (Å²) in [5, 5.41) is 31.7. The first-order chi connectivity index (χ1) is 11.4. The second-order valence-electron chi connectivity index (χ2n) is 6.53. The van der Waals surface area contributed by atoms with E-state index in [4.69, 9.17) is 16.1 Å². The minimum atomic E-state index is -1.69. The van der Waals surface area contributed by atoms with Gasteiger partial charge in [-0.05, 0) is 24.8 Å². The van der Waals surface area contributed by atoms with Gasteiger partial charge >= 0.3 is 7.12 Å². The highest BCUT2D eigenvalue weighted by Crippen LogP contribution is 2.33. The van der Waals surface area contributed by atoms with Gasteiger partial charge in [-0.25, -0.2) is 0 Å². The van der Waals surface area contributed by atoms with Gasteiger partial charge in [-0.2, -0.15) is 0 Å². The fourth-order valence-corrected chi connectivity index (χ4v) is 3.39. The quantitative estimate of drug-likeness (QED) is 0.281. The minimum absolute atomic E-state index is 0.184. The number of fused-ring (bicyclic) bond motifs is 1. The molecule has 24 heavy (non-hydrogen) atoms. The summed E-state index contributed by atoms with van der Waals surface area (Å²) < 4.78 is 5.41. The van der Waals surface area contributed by atoms with E-state index in [1.54, 1.807) is 12.1 Å². The second kappa shape index (κ2) is 6.69. The average molecular weight is 335 g/mol. The lowest BCUT2D eigenvalue weighted by Crippen LogP contribution is -2.54. The summed E-state index contributed by atoms with van der Waals surface area (Å²) in [7, 11) is -1.27. The lowest BCUT2D eigenvalue weighted by Gasteiger charge is -2.30. The van der Waals surface area contributed by atoms with E-state index in [0.717, 1.165) is 0 Å². The molecule has 8 N–H and O–H groups in total. The predicted molar refractivity (Wildman–Crippen MR) is 86.5 cm³/mol. The maximum absolute atomic E-state index is 12.4. The van der Waals surface area contributed by atoms with Crippen LogP contribution < -0.4 is 21.4 Å². The molecular formula is C15H22BN3O5. The van der Waals surface area contributed by atoms with Crippen molar-refractivity contribution in [3.8, 4) is 5.75 Å². The standard InChI is InChI=1S/C15H22BN3O5/c17-10-4-8(5-11(10)18)14(20)19-12-6-7-2-1-3-9(15(21)22)13(7)24-16(12)23/h1-3,8,10-12,15,21-23H,4-6,17-18H2,(H,19,20). The fourth-order valence-electron chi connectivity index (χ4n) is 3.39. The van der Waals surface area contributed by atoms with E-state index in [2.05, 4.69) is 5.32 Å². The molecule has 1 fully saturated rings. The van der Waals surface area contributed by atoms with Crippen molar-refractivity contribution in [1.82, 2.24) is 5.32 Å². The molecule has 0 spiro atoms. The molecule has 1 heterocycles. The van der Waals surface area contributed by atoms with Crippen LogP contribution in [0.1, 0.15) is 30.3 Å². The van der Waals surface area contributed by atoms with Crippen molar-refractivity contribution in [3.05, 3.63) is 29.3 Å². The van der Waals surface area contributed by atoms with Crippen LogP contribution >= 0.6 is 0 Å². The van der Waals surface area contributed by atoms with Gasteiger partial charge in [-0.1, -0.05) is 18.2 Å². The normalized spacial score (nSPS) is 29.3. The molecule has 2 aliphatic rings. The first-order valence-corrected chi connectivity index (χ1v) is 8.01. The van der Waals surface area contributed by atoms with Gasteiger partial charge in [-0.15, -0.1) is 0 Å². The maximum atomic E-state index is 12.4. The van der Waals surface area contributed by atoms with Crippen LogP contribution in [0.2, 0.25) is 0 Å². The number of aliphatic hydroxyl groups is 2. The van der Waals surface area contributed by atoms with Gasteiger partial charge in [0.2, 0.25) is 5.91 Å². The Balaban J connectivity index is 1.71. The molecule has 3 atom stereocenters. The maximum Gasteiger partial charge on any atom is 0.547 e. The number of aliphatic hydroxyl groups excluding tert-OH is 1. The zero-order valence-electron chi connectivity index (χ0n) is 13.1. The summed E-state index contributed by atoms with van der Waals surface area (Å²) in [5.41, 5.74) is 12.6. The molecule has 8 nitrogen and oxygen atoms in total. The number of nitrogens with one attached hydrogen (secondary N) is 1. The molecule has 3 unspecified atom stereocenters. The molecule has 0 radical (unpaired) electrons. The van der Waals surface area contributed by atoms with Crippen molar-refractivity contribution in [2.24, 2.45) is 17.4 Å². The van der Waals surface area contributed by atoms with E-state index < -0.39 is 19.3 Å². The molecule has 1 aliphatic heterocycles. The lowest BCUT2D eigenvalue weighted by molar-refractivity contribution is -0.125.